The topological polar surface area (TPSA) is 116 Å². The molecule has 0 saturated carbocycles. The lowest BCUT2D eigenvalue weighted by Crippen LogP contribution is -2.21. The largest absolute Gasteiger partial charge is 0.468 e. The maximum absolute atomic E-state index is 11.7. The minimum Gasteiger partial charge on any atom is -0.468 e. The Kier molecular flexibility index (Phi) is 6.16. The summed E-state index contributed by atoms with van der Waals surface area (Å²) in [5.74, 6) is -2.06. The minimum absolute atomic E-state index is 0.0226. The molecule has 7 nitrogen and oxygen atoms in total. The van der Waals surface area contributed by atoms with E-state index in [0.717, 1.165) is 7.11 Å². The zero-order chi connectivity index (χ0) is 15.9. The number of methoxy groups -OCH3 is 1. The number of para-hydroxylation sites is 2. The SMILES string of the molecule is COC(=O)CS(=O)(=O)CCCC(=O)Nc1ccccc1N. The average Bonchev–Trinajstić information content (AvgIpc) is 2.40. The fourth-order valence-corrected chi connectivity index (χ4v) is 2.79. The lowest BCUT2D eigenvalue weighted by Gasteiger charge is -2.07. The van der Waals surface area contributed by atoms with Gasteiger partial charge in [-0.15, -0.1) is 0 Å². The number of anilines is 2. The number of hydrogen-bond donors (Lipinski definition) is 2. The minimum atomic E-state index is -3.55. The summed E-state index contributed by atoms with van der Waals surface area (Å²) in [6.07, 6.45) is 0.145. The first-order valence-electron chi connectivity index (χ1n) is 6.25. The van der Waals surface area contributed by atoms with Crippen molar-refractivity contribution in [3.63, 3.8) is 0 Å². The van der Waals surface area contributed by atoms with Gasteiger partial charge in [-0.25, -0.2) is 8.42 Å². The number of nitrogens with two attached hydrogens (primary N) is 1. The van der Waals surface area contributed by atoms with Crippen molar-refractivity contribution < 1.29 is 22.7 Å². The summed E-state index contributed by atoms with van der Waals surface area (Å²) in [7, 11) is -2.43. The molecule has 0 spiro atoms. The molecule has 0 bridgehead atoms. The van der Waals surface area contributed by atoms with Gasteiger partial charge in [-0.1, -0.05) is 12.1 Å². The Hall–Kier alpha value is -2.09. The number of esters is 1. The van der Waals surface area contributed by atoms with Gasteiger partial charge in [0.25, 0.3) is 0 Å². The van der Waals surface area contributed by atoms with Crippen molar-refractivity contribution in [2.24, 2.45) is 0 Å². The van der Waals surface area contributed by atoms with Crippen molar-refractivity contribution in [1.82, 2.24) is 0 Å². The van der Waals surface area contributed by atoms with Crippen LogP contribution in [0.15, 0.2) is 24.3 Å². The number of benzene rings is 1. The van der Waals surface area contributed by atoms with E-state index in [-0.39, 0.29) is 24.5 Å². The maximum Gasteiger partial charge on any atom is 0.320 e. The van der Waals surface area contributed by atoms with Crippen LogP contribution in [0.1, 0.15) is 12.8 Å². The Labute approximate surface area is 123 Å². The normalized spacial score (nSPS) is 10.9. The first-order chi connectivity index (χ1) is 9.84. The first-order valence-corrected chi connectivity index (χ1v) is 8.08. The summed E-state index contributed by atoms with van der Waals surface area (Å²) in [5.41, 5.74) is 6.60. The quantitative estimate of drug-likeness (QED) is 0.561. The van der Waals surface area contributed by atoms with Crippen LogP contribution < -0.4 is 11.1 Å². The highest BCUT2D eigenvalue weighted by molar-refractivity contribution is 7.92. The molecule has 0 unspecified atom stereocenters. The zero-order valence-corrected chi connectivity index (χ0v) is 12.5. The Bertz CT molecular complexity index is 613. The molecule has 1 aromatic rings. The van der Waals surface area contributed by atoms with Crippen molar-refractivity contribution in [3.8, 4) is 0 Å². The molecule has 0 radical (unpaired) electrons. The van der Waals surface area contributed by atoms with Crippen molar-refractivity contribution >= 4 is 33.1 Å². The number of sulfone groups is 1. The van der Waals surface area contributed by atoms with Gasteiger partial charge in [-0.2, -0.15) is 0 Å². The van der Waals surface area contributed by atoms with Crippen LogP contribution in [0.3, 0.4) is 0 Å². The predicted molar refractivity (Wildman–Crippen MR) is 79.4 cm³/mol. The molecular formula is C13H18N2O5S. The molecule has 0 fully saturated rings. The summed E-state index contributed by atoms with van der Waals surface area (Å²) in [6.45, 7) is 0. The van der Waals surface area contributed by atoms with Crippen LogP contribution in [0.2, 0.25) is 0 Å². The number of hydrogen-bond acceptors (Lipinski definition) is 6. The summed E-state index contributed by atoms with van der Waals surface area (Å²) in [4.78, 5) is 22.6. The molecule has 21 heavy (non-hydrogen) atoms. The third kappa shape index (κ3) is 6.26. The summed E-state index contributed by atoms with van der Waals surface area (Å²) in [6, 6.07) is 6.77. The number of ether oxygens (including phenoxy) is 1. The molecule has 3 N–H and O–H groups in total. The molecule has 0 aliphatic heterocycles. The second-order valence-corrected chi connectivity index (χ2v) is 6.59. The van der Waals surface area contributed by atoms with Crippen molar-refractivity contribution in [1.29, 1.82) is 0 Å². The maximum atomic E-state index is 11.7. The summed E-state index contributed by atoms with van der Waals surface area (Å²) < 4.78 is 27.4. The highest BCUT2D eigenvalue weighted by Crippen LogP contribution is 2.17. The highest BCUT2D eigenvalue weighted by Gasteiger charge is 2.17. The molecule has 0 heterocycles. The Morgan fingerprint density at radius 1 is 1.29 bits per heavy atom. The molecular weight excluding hydrogens is 296 g/mol. The van der Waals surface area contributed by atoms with Gasteiger partial charge in [0, 0.05) is 6.42 Å². The Morgan fingerprint density at radius 3 is 2.57 bits per heavy atom. The van der Waals surface area contributed by atoms with Gasteiger partial charge in [0.1, 0.15) is 5.75 Å². The highest BCUT2D eigenvalue weighted by atomic mass is 32.2. The van der Waals surface area contributed by atoms with Crippen LogP contribution in [-0.2, 0) is 24.2 Å². The fourth-order valence-electron chi connectivity index (χ4n) is 1.59. The van der Waals surface area contributed by atoms with E-state index in [4.69, 9.17) is 5.73 Å². The number of nitrogens with one attached hydrogen (secondary N) is 1. The molecule has 0 aliphatic carbocycles. The van der Waals surface area contributed by atoms with E-state index in [1.54, 1.807) is 24.3 Å². The smallest absolute Gasteiger partial charge is 0.320 e. The monoisotopic (exact) mass is 314 g/mol. The van der Waals surface area contributed by atoms with Gasteiger partial charge in [-0.3, -0.25) is 9.59 Å². The van der Waals surface area contributed by atoms with E-state index in [1.165, 1.54) is 0 Å². The third-order valence-corrected chi connectivity index (χ3v) is 4.25. The molecule has 1 amide bonds. The average molecular weight is 314 g/mol. The van der Waals surface area contributed by atoms with E-state index in [9.17, 15) is 18.0 Å². The molecule has 0 aromatic heterocycles. The van der Waals surface area contributed by atoms with Gasteiger partial charge in [0.15, 0.2) is 9.84 Å². The Morgan fingerprint density at radius 2 is 1.95 bits per heavy atom. The van der Waals surface area contributed by atoms with Gasteiger partial charge in [0.2, 0.25) is 5.91 Å². The zero-order valence-electron chi connectivity index (χ0n) is 11.7. The molecule has 0 saturated heterocycles. The second-order valence-electron chi connectivity index (χ2n) is 4.41. The summed E-state index contributed by atoms with van der Waals surface area (Å²) in [5, 5.41) is 2.60. The van der Waals surface area contributed by atoms with E-state index < -0.39 is 21.6 Å². The lowest BCUT2D eigenvalue weighted by atomic mass is 10.2. The van der Waals surface area contributed by atoms with Crippen LogP contribution in [0.25, 0.3) is 0 Å². The van der Waals surface area contributed by atoms with Gasteiger partial charge >= 0.3 is 5.97 Å². The number of nitrogen functional groups attached to an aromatic ring is 1. The molecule has 8 heteroatoms. The van der Waals surface area contributed by atoms with E-state index in [2.05, 4.69) is 10.1 Å². The molecule has 1 aromatic carbocycles. The van der Waals surface area contributed by atoms with Crippen LogP contribution in [0.4, 0.5) is 11.4 Å². The van der Waals surface area contributed by atoms with Crippen molar-refractivity contribution in [2.75, 3.05) is 29.7 Å². The van der Waals surface area contributed by atoms with Crippen LogP contribution in [0.5, 0.6) is 0 Å². The van der Waals surface area contributed by atoms with Crippen LogP contribution in [-0.4, -0.2) is 38.9 Å². The van der Waals surface area contributed by atoms with E-state index in [0.29, 0.717) is 11.4 Å². The molecule has 116 valence electrons. The van der Waals surface area contributed by atoms with Gasteiger partial charge < -0.3 is 15.8 Å². The number of carbonyl (C=O) groups excluding carboxylic acids is 2. The van der Waals surface area contributed by atoms with Crippen LogP contribution >= 0.6 is 0 Å². The van der Waals surface area contributed by atoms with E-state index >= 15 is 0 Å². The standard InChI is InChI=1S/C13H18N2O5S/c1-20-13(17)9-21(18,19)8-4-7-12(16)15-11-6-3-2-5-10(11)14/h2-3,5-6H,4,7-9,14H2,1H3,(H,15,16). The van der Waals surface area contributed by atoms with Crippen LogP contribution in [0, 0.1) is 0 Å². The molecule has 0 atom stereocenters. The molecule has 0 aliphatic rings. The summed E-state index contributed by atoms with van der Waals surface area (Å²) >= 11 is 0. The number of amides is 1. The first kappa shape index (κ1) is 17.0. The van der Waals surface area contributed by atoms with Crippen molar-refractivity contribution in [3.05, 3.63) is 24.3 Å². The number of rotatable bonds is 7. The van der Waals surface area contributed by atoms with Gasteiger partial charge in [-0.05, 0) is 18.6 Å². The third-order valence-electron chi connectivity index (χ3n) is 2.66. The lowest BCUT2D eigenvalue weighted by molar-refractivity contribution is -0.137. The second kappa shape index (κ2) is 7.63. The Balaban J connectivity index is 2.41. The number of carbonyl (C=O) groups is 2. The predicted octanol–water partition coefficient (Wildman–Crippen LogP) is 0.575. The fraction of sp³-hybridized carbons (Fsp3) is 0.385. The van der Waals surface area contributed by atoms with Gasteiger partial charge in [0.05, 0.1) is 24.2 Å². The molecule has 1 rings (SSSR count). The van der Waals surface area contributed by atoms with E-state index in [1.807, 2.05) is 0 Å². The van der Waals surface area contributed by atoms with Crippen molar-refractivity contribution in [2.45, 2.75) is 12.8 Å².